The Balaban J connectivity index is 1.95. The zero-order chi connectivity index (χ0) is 15.0. The summed E-state index contributed by atoms with van der Waals surface area (Å²) in [7, 11) is 0. The molecule has 0 saturated heterocycles. The number of benzene rings is 2. The number of aliphatic imine (C=N–C) groups is 1. The van der Waals surface area contributed by atoms with E-state index in [1.54, 1.807) is 18.2 Å². The van der Waals surface area contributed by atoms with Gasteiger partial charge in [-0.25, -0.2) is 9.38 Å². The van der Waals surface area contributed by atoms with Gasteiger partial charge >= 0.3 is 0 Å². The molecule has 0 radical (unpaired) electrons. The van der Waals surface area contributed by atoms with Crippen molar-refractivity contribution in [2.75, 3.05) is 5.32 Å². The quantitative estimate of drug-likeness (QED) is 0.665. The highest BCUT2D eigenvalue weighted by Crippen LogP contribution is 2.46. The maximum absolute atomic E-state index is 13.1. The van der Waals surface area contributed by atoms with Gasteiger partial charge < -0.3 is 10.4 Å². The van der Waals surface area contributed by atoms with E-state index in [0.29, 0.717) is 22.2 Å². The Morgan fingerprint density at radius 1 is 1.29 bits per heavy atom. The van der Waals surface area contributed by atoms with Crippen molar-refractivity contribution >= 4 is 52.5 Å². The van der Waals surface area contributed by atoms with Gasteiger partial charge in [0.25, 0.3) is 0 Å². The Morgan fingerprint density at radius 2 is 2.10 bits per heavy atom. The molecule has 0 aliphatic carbocycles. The molecule has 0 aromatic heterocycles. The van der Waals surface area contributed by atoms with Gasteiger partial charge in [0.2, 0.25) is 5.96 Å². The van der Waals surface area contributed by atoms with E-state index in [4.69, 9.17) is 23.2 Å². The standard InChI is InChI=1S/C13H8Cl2FN3OS/c14-8-5-9-11(12(20)10(8)15)18-13(19-21-9)17-7-3-1-2-6(16)4-7/h1-5,20H,(H2,17,18,19). The van der Waals surface area contributed by atoms with Crippen LogP contribution in [-0.4, -0.2) is 11.1 Å². The first-order valence-electron chi connectivity index (χ1n) is 5.79. The van der Waals surface area contributed by atoms with Crippen LogP contribution in [0, 0.1) is 5.82 Å². The number of hydrogen-bond acceptors (Lipinski definition) is 5. The van der Waals surface area contributed by atoms with E-state index in [2.05, 4.69) is 15.0 Å². The minimum absolute atomic E-state index is 0.0479. The average Bonchev–Trinajstić information content (AvgIpc) is 2.46. The van der Waals surface area contributed by atoms with Crippen molar-refractivity contribution in [3.05, 3.63) is 46.2 Å². The summed E-state index contributed by atoms with van der Waals surface area (Å²) in [6, 6.07) is 7.56. The Labute approximate surface area is 134 Å². The summed E-state index contributed by atoms with van der Waals surface area (Å²) >= 11 is 13.0. The fraction of sp³-hybridized carbons (Fsp3) is 0. The molecule has 1 aliphatic heterocycles. The van der Waals surface area contributed by atoms with Gasteiger partial charge in [0.15, 0.2) is 5.75 Å². The molecule has 0 amide bonds. The maximum Gasteiger partial charge on any atom is 0.211 e. The molecule has 0 fully saturated rings. The first-order valence-corrected chi connectivity index (χ1v) is 7.37. The van der Waals surface area contributed by atoms with Crippen LogP contribution in [0.3, 0.4) is 0 Å². The van der Waals surface area contributed by atoms with Gasteiger partial charge in [0.1, 0.15) is 16.5 Å². The molecule has 2 aromatic rings. The van der Waals surface area contributed by atoms with E-state index >= 15 is 0 Å². The molecule has 1 heterocycles. The Kier molecular flexibility index (Phi) is 3.84. The van der Waals surface area contributed by atoms with Crippen LogP contribution in [0.25, 0.3) is 0 Å². The van der Waals surface area contributed by atoms with Crippen molar-refractivity contribution in [1.82, 2.24) is 4.72 Å². The smallest absolute Gasteiger partial charge is 0.211 e. The molecule has 1 aliphatic rings. The largest absolute Gasteiger partial charge is 0.504 e. The lowest BCUT2D eigenvalue weighted by Crippen LogP contribution is -2.26. The van der Waals surface area contributed by atoms with Crippen LogP contribution in [0.1, 0.15) is 0 Å². The third-order valence-electron chi connectivity index (χ3n) is 2.70. The molecule has 0 spiro atoms. The summed E-state index contributed by atoms with van der Waals surface area (Å²) in [6.45, 7) is 0. The Hall–Kier alpha value is -1.63. The molecular weight excluding hydrogens is 336 g/mol. The van der Waals surface area contributed by atoms with Crippen molar-refractivity contribution in [3.8, 4) is 5.75 Å². The van der Waals surface area contributed by atoms with Crippen LogP contribution in [0.5, 0.6) is 5.75 Å². The molecule has 0 saturated carbocycles. The second-order valence-electron chi connectivity index (χ2n) is 4.17. The SMILES string of the molecule is Oc1c(Cl)c(Cl)cc2c1N=C(Nc1cccc(F)c1)NS2. The van der Waals surface area contributed by atoms with Gasteiger partial charge in [-0.05, 0) is 36.2 Å². The molecule has 0 atom stereocenters. The van der Waals surface area contributed by atoms with E-state index in [1.165, 1.54) is 24.1 Å². The van der Waals surface area contributed by atoms with Crippen molar-refractivity contribution in [2.45, 2.75) is 4.90 Å². The zero-order valence-corrected chi connectivity index (χ0v) is 12.7. The van der Waals surface area contributed by atoms with Crippen LogP contribution >= 0.6 is 35.1 Å². The minimum atomic E-state index is -0.359. The number of phenolic OH excluding ortho intramolecular Hbond substituents is 1. The molecule has 108 valence electrons. The lowest BCUT2D eigenvalue weighted by atomic mass is 10.3. The summed E-state index contributed by atoms with van der Waals surface area (Å²) in [6.07, 6.45) is 0. The van der Waals surface area contributed by atoms with Gasteiger partial charge in [-0.3, -0.25) is 4.72 Å². The molecular formula is C13H8Cl2FN3OS. The van der Waals surface area contributed by atoms with Crippen molar-refractivity contribution in [1.29, 1.82) is 0 Å². The van der Waals surface area contributed by atoms with Crippen molar-refractivity contribution in [2.24, 2.45) is 4.99 Å². The van der Waals surface area contributed by atoms with Crippen LogP contribution in [0.2, 0.25) is 10.0 Å². The number of rotatable bonds is 1. The van der Waals surface area contributed by atoms with Gasteiger partial charge in [0, 0.05) is 5.69 Å². The first kappa shape index (κ1) is 14.3. The van der Waals surface area contributed by atoms with Crippen LogP contribution < -0.4 is 10.0 Å². The van der Waals surface area contributed by atoms with E-state index in [0.717, 1.165) is 0 Å². The van der Waals surface area contributed by atoms with E-state index in [-0.39, 0.29) is 21.6 Å². The van der Waals surface area contributed by atoms with Crippen LogP contribution in [0.4, 0.5) is 15.8 Å². The fourth-order valence-corrected chi connectivity index (χ4v) is 2.89. The number of fused-ring (bicyclic) bond motifs is 1. The molecule has 3 N–H and O–H groups in total. The average molecular weight is 344 g/mol. The second-order valence-corrected chi connectivity index (χ2v) is 5.80. The normalized spacial score (nSPS) is 13.2. The molecule has 3 rings (SSSR count). The number of aromatic hydroxyl groups is 1. The third kappa shape index (κ3) is 2.88. The van der Waals surface area contributed by atoms with E-state index < -0.39 is 0 Å². The van der Waals surface area contributed by atoms with E-state index in [1.807, 2.05) is 0 Å². The summed E-state index contributed by atoms with van der Waals surface area (Å²) < 4.78 is 16.1. The predicted molar refractivity (Wildman–Crippen MR) is 84.2 cm³/mol. The monoisotopic (exact) mass is 343 g/mol. The Morgan fingerprint density at radius 3 is 2.86 bits per heavy atom. The number of anilines is 1. The van der Waals surface area contributed by atoms with Gasteiger partial charge in [-0.1, -0.05) is 29.3 Å². The zero-order valence-electron chi connectivity index (χ0n) is 10.3. The number of phenols is 1. The van der Waals surface area contributed by atoms with Crippen molar-refractivity contribution < 1.29 is 9.50 Å². The number of hydrogen-bond donors (Lipinski definition) is 3. The van der Waals surface area contributed by atoms with Crippen LogP contribution in [-0.2, 0) is 0 Å². The lowest BCUT2D eigenvalue weighted by Gasteiger charge is -2.19. The highest BCUT2D eigenvalue weighted by molar-refractivity contribution is 7.98. The van der Waals surface area contributed by atoms with Gasteiger partial charge in [-0.2, -0.15) is 0 Å². The van der Waals surface area contributed by atoms with Gasteiger partial charge in [0.05, 0.1) is 9.92 Å². The number of nitrogens with zero attached hydrogens (tertiary/aromatic N) is 1. The first-order chi connectivity index (χ1) is 10.0. The summed E-state index contributed by atoms with van der Waals surface area (Å²) in [5.41, 5.74) is 0.844. The minimum Gasteiger partial charge on any atom is -0.504 e. The van der Waals surface area contributed by atoms with Crippen molar-refractivity contribution in [3.63, 3.8) is 0 Å². The third-order valence-corrected chi connectivity index (χ3v) is 4.31. The number of guanidine groups is 1. The van der Waals surface area contributed by atoms with Crippen LogP contribution in [0.15, 0.2) is 40.2 Å². The molecule has 8 heteroatoms. The highest BCUT2D eigenvalue weighted by atomic mass is 35.5. The second kappa shape index (κ2) is 5.63. The number of halogens is 3. The maximum atomic E-state index is 13.1. The fourth-order valence-electron chi connectivity index (χ4n) is 1.76. The molecule has 0 unspecified atom stereocenters. The summed E-state index contributed by atoms with van der Waals surface area (Å²) in [4.78, 5) is 4.87. The number of nitrogens with one attached hydrogen (secondary N) is 2. The lowest BCUT2D eigenvalue weighted by molar-refractivity contribution is 0.475. The molecule has 0 bridgehead atoms. The van der Waals surface area contributed by atoms with E-state index in [9.17, 15) is 9.50 Å². The van der Waals surface area contributed by atoms with Gasteiger partial charge in [-0.15, -0.1) is 0 Å². The highest BCUT2D eigenvalue weighted by Gasteiger charge is 2.20. The summed E-state index contributed by atoms with van der Waals surface area (Å²) in [5, 5.41) is 13.2. The predicted octanol–water partition coefficient (Wildman–Crippen LogP) is 4.55. The topological polar surface area (TPSA) is 56.7 Å². The molecule has 4 nitrogen and oxygen atoms in total. The summed E-state index contributed by atoms with van der Waals surface area (Å²) in [5.74, 6) is -0.194. The molecule has 2 aromatic carbocycles. The molecule has 21 heavy (non-hydrogen) atoms. The Bertz CT molecular complexity index is 754.